The Morgan fingerprint density at radius 3 is 2.74 bits per heavy atom. The van der Waals surface area contributed by atoms with Crippen LogP contribution in [0.1, 0.15) is 94.6 Å². The molecule has 0 radical (unpaired) electrons. The fraction of sp³-hybridized carbons (Fsp3) is 0.692. The number of nitrogens with one attached hydrogen (secondary N) is 1. The molecule has 1 N–H and O–H groups in total. The Morgan fingerprint density at radius 1 is 1.10 bits per heavy atom. The summed E-state index contributed by atoms with van der Waals surface area (Å²) in [6.07, 6.45) is 16.2. The predicted molar refractivity (Wildman–Crippen MR) is 121 cm³/mol. The van der Waals surface area contributed by atoms with Crippen LogP contribution in [0.5, 0.6) is 0 Å². The third kappa shape index (κ3) is 3.45. The smallest absolute Gasteiger partial charge is 0.0691 e. The standard InChI is InChI=1S/C26H36N4O/c1-24(10-11-24)23-18-20(21-7-15-29-30(21)23)27-16-12-25(22-6-2-5-14-28-22)13-17-31-26(19-25)8-3-4-9-26/h2,5-7,14-15,20,23,27H,3-4,8-13,16-19H2,1H3/t20-,23-,25+/m0/s1. The lowest BCUT2D eigenvalue weighted by Crippen LogP contribution is -2.47. The average molecular weight is 421 g/mol. The van der Waals surface area contributed by atoms with Crippen LogP contribution in [0, 0.1) is 5.41 Å². The van der Waals surface area contributed by atoms with Gasteiger partial charge in [-0.3, -0.25) is 9.67 Å². The molecule has 4 aliphatic rings. The fourth-order valence-corrected chi connectivity index (χ4v) is 6.88. The van der Waals surface area contributed by atoms with E-state index >= 15 is 0 Å². The maximum Gasteiger partial charge on any atom is 0.0691 e. The first kappa shape index (κ1) is 19.9. The Kier molecular flexibility index (Phi) is 4.77. The van der Waals surface area contributed by atoms with Crippen molar-refractivity contribution in [1.29, 1.82) is 0 Å². The fourth-order valence-electron chi connectivity index (χ4n) is 6.88. The van der Waals surface area contributed by atoms with Crippen LogP contribution in [-0.4, -0.2) is 33.5 Å². The van der Waals surface area contributed by atoms with E-state index in [1.165, 1.54) is 56.3 Å². The SMILES string of the molecule is CC1([C@@H]2C[C@H](NCC[C@@]3(c4ccccn4)CCOC4(CCCC4)C3)c3ccnn32)CC1. The second-order valence-electron chi connectivity index (χ2n) is 11.0. The third-order valence-electron chi connectivity index (χ3n) is 9.02. The molecule has 2 aliphatic carbocycles. The highest BCUT2D eigenvalue weighted by atomic mass is 16.5. The van der Waals surface area contributed by atoms with Crippen molar-refractivity contribution in [2.75, 3.05) is 13.2 Å². The number of hydrogen-bond donors (Lipinski definition) is 1. The summed E-state index contributed by atoms with van der Waals surface area (Å²) in [7, 11) is 0. The lowest BCUT2D eigenvalue weighted by molar-refractivity contribution is -0.104. The van der Waals surface area contributed by atoms with Crippen LogP contribution >= 0.6 is 0 Å². The van der Waals surface area contributed by atoms with E-state index in [1.54, 1.807) is 0 Å². The molecule has 2 aliphatic heterocycles. The van der Waals surface area contributed by atoms with Crippen LogP contribution in [0.25, 0.3) is 0 Å². The molecule has 3 fully saturated rings. The topological polar surface area (TPSA) is 52.0 Å². The van der Waals surface area contributed by atoms with Crippen LogP contribution in [0.2, 0.25) is 0 Å². The van der Waals surface area contributed by atoms with Crippen molar-refractivity contribution in [3.63, 3.8) is 0 Å². The number of ether oxygens (including phenoxy) is 1. The molecule has 2 aromatic rings. The molecule has 166 valence electrons. The number of pyridine rings is 1. The lowest BCUT2D eigenvalue weighted by atomic mass is 9.68. The summed E-state index contributed by atoms with van der Waals surface area (Å²) in [6.45, 7) is 4.32. The van der Waals surface area contributed by atoms with Gasteiger partial charge in [0.2, 0.25) is 0 Å². The number of hydrogen-bond acceptors (Lipinski definition) is 4. The van der Waals surface area contributed by atoms with Crippen molar-refractivity contribution in [3.05, 3.63) is 48.0 Å². The first-order valence-electron chi connectivity index (χ1n) is 12.4. The Morgan fingerprint density at radius 2 is 1.97 bits per heavy atom. The Hall–Kier alpha value is -1.72. The van der Waals surface area contributed by atoms with E-state index in [4.69, 9.17) is 14.8 Å². The van der Waals surface area contributed by atoms with Gasteiger partial charge < -0.3 is 10.1 Å². The lowest BCUT2D eigenvalue weighted by Gasteiger charge is -2.46. The van der Waals surface area contributed by atoms with Crippen LogP contribution in [0.4, 0.5) is 0 Å². The van der Waals surface area contributed by atoms with E-state index in [2.05, 4.69) is 35.1 Å². The zero-order chi connectivity index (χ0) is 20.9. The van der Waals surface area contributed by atoms with Crippen LogP contribution in [-0.2, 0) is 10.2 Å². The monoisotopic (exact) mass is 420 g/mol. The summed E-state index contributed by atoms with van der Waals surface area (Å²) >= 11 is 0. The summed E-state index contributed by atoms with van der Waals surface area (Å²) in [5.74, 6) is 0. The summed E-state index contributed by atoms with van der Waals surface area (Å²) in [5.41, 5.74) is 3.32. The normalized spacial score (nSPS) is 32.9. The molecule has 5 heteroatoms. The highest BCUT2D eigenvalue weighted by Gasteiger charge is 2.51. The molecule has 0 bridgehead atoms. The van der Waals surface area contributed by atoms with Crippen molar-refractivity contribution in [2.45, 2.75) is 94.2 Å². The highest BCUT2D eigenvalue weighted by Crippen LogP contribution is 2.58. The van der Waals surface area contributed by atoms with Gasteiger partial charge in [0.05, 0.1) is 23.4 Å². The predicted octanol–water partition coefficient (Wildman–Crippen LogP) is 5.11. The number of nitrogens with zero attached hydrogens (tertiary/aromatic N) is 3. The number of aromatic nitrogens is 3. The van der Waals surface area contributed by atoms with Gasteiger partial charge in [-0.25, -0.2) is 0 Å². The van der Waals surface area contributed by atoms with Gasteiger partial charge >= 0.3 is 0 Å². The Labute approximate surface area is 186 Å². The molecule has 1 spiro atoms. The van der Waals surface area contributed by atoms with E-state index in [-0.39, 0.29) is 11.0 Å². The van der Waals surface area contributed by atoms with Gasteiger partial charge in [0.15, 0.2) is 0 Å². The van der Waals surface area contributed by atoms with E-state index in [0.717, 1.165) is 32.4 Å². The minimum absolute atomic E-state index is 0.0907. The minimum atomic E-state index is 0.0907. The van der Waals surface area contributed by atoms with Crippen LogP contribution in [0.3, 0.4) is 0 Å². The van der Waals surface area contributed by atoms with Crippen molar-refractivity contribution >= 4 is 0 Å². The van der Waals surface area contributed by atoms with Gasteiger partial charge in [-0.15, -0.1) is 0 Å². The van der Waals surface area contributed by atoms with Crippen LogP contribution < -0.4 is 5.32 Å². The molecular formula is C26H36N4O. The maximum absolute atomic E-state index is 6.42. The Bertz CT molecular complexity index is 914. The van der Waals surface area contributed by atoms with Gasteiger partial charge in [-0.05, 0) is 81.5 Å². The summed E-state index contributed by atoms with van der Waals surface area (Å²) in [6, 6.07) is 9.65. The molecule has 1 saturated heterocycles. The minimum Gasteiger partial charge on any atom is -0.375 e. The largest absolute Gasteiger partial charge is 0.375 e. The van der Waals surface area contributed by atoms with E-state index in [1.807, 2.05) is 18.5 Å². The van der Waals surface area contributed by atoms with Crippen LogP contribution in [0.15, 0.2) is 36.7 Å². The first-order valence-corrected chi connectivity index (χ1v) is 12.4. The molecule has 5 nitrogen and oxygen atoms in total. The summed E-state index contributed by atoms with van der Waals surface area (Å²) in [5, 5.41) is 8.64. The van der Waals surface area contributed by atoms with Gasteiger partial charge in [0.25, 0.3) is 0 Å². The Balaban J connectivity index is 1.19. The van der Waals surface area contributed by atoms with E-state index in [0.29, 0.717) is 17.5 Å². The van der Waals surface area contributed by atoms with Crippen molar-refractivity contribution < 1.29 is 4.74 Å². The summed E-state index contributed by atoms with van der Waals surface area (Å²) < 4.78 is 8.74. The molecule has 2 aromatic heterocycles. The number of rotatable bonds is 6. The zero-order valence-corrected chi connectivity index (χ0v) is 18.9. The second-order valence-corrected chi connectivity index (χ2v) is 11.0. The zero-order valence-electron chi connectivity index (χ0n) is 18.9. The third-order valence-corrected chi connectivity index (χ3v) is 9.02. The summed E-state index contributed by atoms with van der Waals surface area (Å²) in [4.78, 5) is 4.86. The van der Waals surface area contributed by atoms with Gasteiger partial charge in [0, 0.05) is 30.1 Å². The first-order chi connectivity index (χ1) is 15.1. The number of fused-ring (bicyclic) bond motifs is 1. The van der Waals surface area contributed by atoms with Crippen molar-refractivity contribution in [1.82, 2.24) is 20.1 Å². The van der Waals surface area contributed by atoms with Gasteiger partial charge in [-0.2, -0.15) is 5.10 Å². The molecule has 6 rings (SSSR count). The quantitative estimate of drug-likeness (QED) is 0.706. The molecule has 0 amide bonds. The highest BCUT2D eigenvalue weighted by molar-refractivity contribution is 5.21. The van der Waals surface area contributed by atoms with Gasteiger partial charge in [0.1, 0.15) is 0 Å². The van der Waals surface area contributed by atoms with Crippen molar-refractivity contribution in [2.24, 2.45) is 5.41 Å². The van der Waals surface area contributed by atoms with Gasteiger partial charge in [-0.1, -0.05) is 25.8 Å². The molecule has 0 unspecified atom stereocenters. The molecule has 2 saturated carbocycles. The second kappa shape index (κ2) is 7.41. The molecule has 0 aromatic carbocycles. The van der Waals surface area contributed by atoms with E-state index < -0.39 is 0 Å². The average Bonchev–Trinajstić information content (AvgIpc) is 3.16. The van der Waals surface area contributed by atoms with Crippen molar-refractivity contribution in [3.8, 4) is 0 Å². The molecular weight excluding hydrogens is 384 g/mol. The maximum atomic E-state index is 6.42. The molecule has 31 heavy (non-hydrogen) atoms. The molecule has 3 atom stereocenters. The molecule has 4 heterocycles. The van der Waals surface area contributed by atoms with E-state index in [9.17, 15) is 0 Å².